The molecule has 1 aromatic rings. The molecule has 3 atom stereocenters. The molecule has 3 amide bonds. The van der Waals surface area contributed by atoms with Crippen molar-refractivity contribution in [2.75, 3.05) is 31.5 Å². The van der Waals surface area contributed by atoms with Gasteiger partial charge in [-0.05, 0) is 49.8 Å². The van der Waals surface area contributed by atoms with Crippen LogP contribution < -0.4 is 16.4 Å². The maximum absolute atomic E-state index is 13.2. The molecule has 2 heterocycles. The van der Waals surface area contributed by atoms with Gasteiger partial charge in [-0.3, -0.25) is 4.79 Å². The van der Waals surface area contributed by atoms with Crippen molar-refractivity contribution in [3.63, 3.8) is 0 Å². The molecule has 2 aliphatic heterocycles. The Kier molecular flexibility index (Phi) is 8.47. The number of benzene rings is 1. The van der Waals surface area contributed by atoms with E-state index in [4.69, 9.17) is 10.5 Å². The van der Waals surface area contributed by atoms with Gasteiger partial charge >= 0.3 is 6.03 Å². The SMILES string of the molecule is Cl.NC[C@H]1CC[C@@H](C(=O)N2CCCC(CNC(=O)Nc3cccc(F)c3)C2)O1. The van der Waals surface area contributed by atoms with Crippen molar-refractivity contribution in [3.8, 4) is 0 Å². The largest absolute Gasteiger partial charge is 0.364 e. The van der Waals surface area contributed by atoms with Crippen LogP contribution in [0.15, 0.2) is 24.3 Å². The zero-order chi connectivity index (χ0) is 19.2. The maximum atomic E-state index is 13.2. The molecule has 1 unspecified atom stereocenters. The van der Waals surface area contributed by atoms with Crippen LogP contribution in [0.5, 0.6) is 0 Å². The van der Waals surface area contributed by atoms with Crippen LogP contribution in [0.3, 0.4) is 0 Å². The minimum Gasteiger partial charge on any atom is -0.364 e. The number of amides is 3. The molecule has 0 bridgehead atoms. The lowest BCUT2D eigenvalue weighted by atomic mass is 9.97. The average Bonchev–Trinajstić information content (AvgIpc) is 3.15. The van der Waals surface area contributed by atoms with Gasteiger partial charge in [-0.15, -0.1) is 12.4 Å². The third-order valence-electron chi connectivity index (χ3n) is 5.11. The van der Waals surface area contributed by atoms with E-state index in [-0.39, 0.29) is 42.5 Å². The Morgan fingerprint density at radius 3 is 2.82 bits per heavy atom. The van der Waals surface area contributed by atoms with Gasteiger partial charge in [0.2, 0.25) is 0 Å². The minimum atomic E-state index is -0.403. The smallest absolute Gasteiger partial charge is 0.319 e. The van der Waals surface area contributed by atoms with Crippen LogP contribution in [0.2, 0.25) is 0 Å². The van der Waals surface area contributed by atoms with Gasteiger partial charge in [0.25, 0.3) is 5.91 Å². The number of urea groups is 1. The van der Waals surface area contributed by atoms with Gasteiger partial charge in [-0.25, -0.2) is 9.18 Å². The van der Waals surface area contributed by atoms with Gasteiger partial charge in [-0.1, -0.05) is 6.07 Å². The second kappa shape index (κ2) is 10.6. The number of nitrogens with zero attached hydrogens (tertiary/aromatic N) is 1. The first-order chi connectivity index (χ1) is 13.0. The number of ether oxygens (including phenoxy) is 1. The molecule has 0 spiro atoms. The lowest BCUT2D eigenvalue weighted by Gasteiger charge is -2.34. The highest BCUT2D eigenvalue weighted by Crippen LogP contribution is 2.23. The summed E-state index contributed by atoms with van der Waals surface area (Å²) in [7, 11) is 0. The summed E-state index contributed by atoms with van der Waals surface area (Å²) in [5, 5.41) is 5.42. The number of piperidine rings is 1. The Hall–Kier alpha value is -1.90. The normalized spacial score (nSPS) is 24.4. The van der Waals surface area contributed by atoms with E-state index in [0.29, 0.717) is 25.3 Å². The monoisotopic (exact) mass is 414 g/mol. The summed E-state index contributed by atoms with van der Waals surface area (Å²) in [5.74, 6) is -0.187. The molecule has 0 aromatic heterocycles. The Balaban J connectivity index is 0.00000280. The van der Waals surface area contributed by atoms with E-state index in [0.717, 1.165) is 32.2 Å². The predicted octanol–water partition coefficient (Wildman–Crippen LogP) is 2.11. The summed E-state index contributed by atoms with van der Waals surface area (Å²) >= 11 is 0. The Bertz CT molecular complexity index is 678. The molecule has 156 valence electrons. The van der Waals surface area contributed by atoms with E-state index in [1.165, 1.54) is 18.2 Å². The molecular formula is C19H28ClFN4O3. The second-order valence-electron chi connectivity index (χ2n) is 7.20. The quantitative estimate of drug-likeness (QED) is 0.687. The molecule has 1 aromatic carbocycles. The number of halogens is 2. The molecule has 0 saturated carbocycles. The summed E-state index contributed by atoms with van der Waals surface area (Å²) in [6.45, 7) is 2.23. The molecule has 4 N–H and O–H groups in total. The second-order valence-corrected chi connectivity index (χ2v) is 7.20. The average molecular weight is 415 g/mol. The van der Waals surface area contributed by atoms with Crippen LogP contribution >= 0.6 is 12.4 Å². The zero-order valence-corrected chi connectivity index (χ0v) is 16.6. The number of likely N-dealkylation sites (tertiary alicyclic amines) is 1. The van der Waals surface area contributed by atoms with Gasteiger partial charge < -0.3 is 26.0 Å². The number of nitrogens with two attached hydrogens (primary N) is 1. The van der Waals surface area contributed by atoms with Gasteiger partial charge in [0.15, 0.2) is 0 Å². The van der Waals surface area contributed by atoms with Crippen molar-refractivity contribution in [2.24, 2.45) is 11.7 Å². The molecule has 2 fully saturated rings. The third kappa shape index (κ3) is 6.05. The topological polar surface area (TPSA) is 96.7 Å². The fraction of sp³-hybridized carbons (Fsp3) is 0.579. The summed E-state index contributed by atoms with van der Waals surface area (Å²) in [5.41, 5.74) is 6.01. The number of hydrogen-bond donors (Lipinski definition) is 3. The molecular weight excluding hydrogens is 387 g/mol. The molecule has 28 heavy (non-hydrogen) atoms. The van der Waals surface area contributed by atoms with E-state index < -0.39 is 5.82 Å². The first kappa shape index (κ1) is 22.4. The van der Waals surface area contributed by atoms with Crippen molar-refractivity contribution in [1.29, 1.82) is 0 Å². The number of carbonyl (C=O) groups is 2. The van der Waals surface area contributed by atoms with Crippen LogP contribution in [-0.4, -0.2) is 55.2 Å². The molecule has 0 radical (unpaired) electrons. The number of anilines is 1. The van der Waals surface area contributed by atoms with Crippen molar-refractivity contribution >= 4 is 30.0 Å². The summed E-state index contributed by atoms with van der Waals surface area (Å²) in [6, 6.07) is 5.36. The van der Waals surface area contributed by atoms with E-state index in [1.807, 2.05) is 4.90 Å². The predicted molar refractivity (Wildman–Crippen MR) is 107 cm³/mol. The highest BCUT2D eigenvalue weighted by atomic mass is 35.5. The highest BCUT2D eigenvalue weighted by Gasteiger charge is 2.34. The highest BCUT2D eigenvalue weighted by molar-refractivity contribution is 5.89. The lowest BCUT2D eigenvalue weighted by Crippen LogP contribution is -2.47. The van der Waals surface area contributed by atoms with E-state index in [1.54, 1.807) is 6.07 Å². The summed E-state index contributed by atoms with van der Waals surface area (Å²) in [6.07, 6.45) is 2.98. The van der Waals surface area contributed by atoms with Crippen molar-refractivity contribution in [2.45, 2.75) is 37.9 Å². The van der Waals surface area contributed by atoms with Crippen LogP contribution in [0.4, 0.5) is 14.9 Å². The van der Waals surface area contributed by atoms with Crippen molar-refractivity contribution in [1.82, 2.24) is 10.2 Å². The van der Waals surface area contributed by atoms with Gasteiger partial charge in [0.05, 0.1) is 6.10 Å². The Labute approximate surface area is 170 Å². The van der Waals surface area contributed by atoms with E-state index >= 15 is 0 Å². The van der Waals surface area contributed by atoms with Crippen molar-refractivity contribution in [3.05, 3.63) is 30.1 Å². The standard InChI is InChI=1S/C19H27FN4O3.ClH/c20-14-4-1-5-15(9-14)23-19(26)22-11-13-3-2-8-24(12-13)18(25)17-7-6-16(10-21)27-17;/h1,4-5,9,13,16-17H,2-3,6-8,10-12,21H2,(H2,22,23,26);1H/t13?,16-,17+;/m1./s1. The van der Waals surface area contributed by atoms with Gasteiger partial charge in [0.1, 0.15) is 11.9 Å². The van der Waals surface area contributed by atoms with E-state index in [2.05, 4.69) is 10.6 Å². The first-order valence-electron chi connectivity index (χ1n) is 9.50. The van der Waals surface area contributed by atoms with Gasteiger partial charge in [0, 0.05) is 31.9 Å². The van der Waals surface area contributed by atoms with Crippen LogP contribution in [0.25, 0.3) is 0 Å². The third-order valence-corrected chi connectivity index (χ3v) is 5.11. The van der Waals surface area contributed by atoms with Crippen molar-refractivity contribution < 1.29 is 18.7 Å². The first-order valence-corrected chi connectivity index (χ1v) is 9.50. The number of nitrogens with one attached hydrogen (secondary N) is 2. The summed E-state index contributed by atoms with van der Waals surface area (Å²) in [4.78, 5) is 26.5. The number of hydrogen-bond acceptors (Lipinski definition) is 4. The molecule has 9 heteroatoms. The lowest BCUT2D eigenvalue weighted by molar-refractivity contribution is -0.144. The Morgan fingerprint density at radius 1 is 1.29 bits per heavy atom. The maximum Gasteiger partial charge on any atom is 0.319 e. The number of rotatable bonds is 5. The minimum absolute atomic E-state index is 0. The van der Waals surface area contributed by atoms with Crippen LogP contribution in [0, 0.1) is 11.7 Å². The molecule has 2 saturated heterocycles. The van der Waals surface area contributed by atoms with Gasteiger partial charge in [-0.2, -0.15) is 0 Å². The zero-order valence-electron chi connectivity index (χ0n) is 15.7. The van der Waals surface area contributed by atoms with Crippen LogP contribution in [0.1, 0.15) is 25.7 Å². The molecule has 2 aliphatic rings. The molecule has 3 rings (SSSR count). The number of carbonyl (C=O) groups excluding carboxylic acids is 2. The summed E-state index contributed by atoms with van der Waals surface area (Å²) < 4.78 is 18.9. The molecule has 0 aliphatic carbocycles. The Morgan fingerprint density at radius 2 is 2.11 bits per heavy atom. The molecule has 7 nitrogen and oxygen atoms in total. The van der Waals surface area contributed by atoms with E-state index in [9.17, 15) is 14.0 Å². The fourth-order valence-electron chi connectivity index (χ4n) is 3.67. The van der Waals surface area contributed by atoms with Crippen LogP contribution in [-0.2, 0) is 9.53 Å². The fourth-order valence-corrected chi connectivity index (χ4v) is 3.67.